The number of ether oxygens (including phenoxy) is 1. The van der Waals surface area contributed by atoms with E-state index in [1.165, 1.54) is 10.5 Å². The summed E-state index contributed by atoms with van der Waals surface area (Å²) < 4.78 is 5.17. The molecule has 0 fully saturated rings. The van der Waals surface area contributed by atoms with E-state index in [4.69, 9.17) is 4.74 Å². The summed E-state index contributed by atoms with van der Waals surface area (Å²) in [7, 11) is 1.68. The predicted molar refractivity (Wildman–Crippen MR) is 83.3 cm³/mol. The lowest BCUT2D eigenvalue weighted by Gasteiger charge is -2.16. The van der Waals surface area contributed by atoms with Gasteiger partial charge in [0.1, 0.15) is 5.75 Å². The quantitative estimate of drug-likeness (QED) is 0.805. The van der Waals surface area contributed by atoms with Crippen LogP contribution in [0.25, 0.3) is 0 Å². The van der Waals surface area contributed by atoms with Gasteiger partial charge in [-0.15, -0.1) is 11.8 Å². The number of hydrogen-bond acceptors (Lipinski definition) is 3. The van der Waals surface area contributed by atoms with Crippen molar-refractivity contribution in [2.75, 3.05) is 18.7 Å². The first-order chi connectivity index (χ1) is 9.22. The van der Waals surface area contributed by atoms with Gasteiger partial charge < -0.3 is 10.1 Å². The average molecular weight is 273 g/mol. The SMILES string of the molecule is COc1ccc(C(C)Nc2ccc(SC)cc2)cc1. The summed E-state index contributed by atoms with van der Waals surface area (Å²) in [6.45, 7) is 2.16. The molecule has 0 aliphatic rings. The fraction of sp³-hybridized carbons (Fsp3) is 0.250. The van der Waals surface area contributed by atoms with Crippen molar-refractivity contribution in [3.05, 3.63) is 54.1 Å². The Morgan fingerprint density at radius 3 is 2.16 bits per heavy atom. The number of anilines is 1. The fourth-order valence-corrected chi connectivity index (χ4v) is 2.32. The number of methoxy groups -OCH3 is 1. The predicted octanol–water partition coefficient (Wildman–Crippen LogP) is 4.59. The van der Waals surface area contributed by atoms with Gasteiger partial charge in [0.25, 0.3) is 0 Å². The molecule has 0 aromatic heterocycles. The summed E-state index contributed by atoms with van der Waals surface area (Å²) in [5.74, 6) is 0.889. The van der Waals surface area contributed by atoms with Crippen molar-refractivity contribution in [2.45, 2.75) is 17.9 Å². The fourth-order valence-electron chi connectivity index (χ4n) is 1.91. The largest absolute Gasteiger partial charge is 0.497 e. The van der Waals surface area contributed by atoms with Gasteiger partial charge in [0.15, 0.2) is 0 Å². The third-order valence-corrected chi connectivity index (χ3v) is 3.83. The number of hydrogen-bond donors (Lipinski definition) is 1. The van der Waals surface area contributed by atoms with Crippen molar-refractivity contribution in [3.8, 4) is 5.75 Å². The molecular formula is C16H19NOS. The molecule has 2 aromatic rings. The summed E-state index contributed by atoms with van der Waals surface area (Å²) in [6.07, 6.45) is 2.09. The molecule has 0 spiro atoms. The third kappa shape index (κ3) is 3.67. The molecule has 0 aliphatic heterocycles. The van der Waals surface area contributed by atoms with Crippen LogP contribution in [-0.4, -0.2) is 13.4 Å². The summed E-state index contributed by atoms with van der Waals surface area (Å²) in [6, 6.07) is 16.9. The molecule has 0 amide bonds. The van der Waals surface area contributed by atoms with E-state index in [1.807, 2.05) is 12.1 Å². The zero-order valence-electron chi connectivity index (χ0n) is 11.5. The number of nitrogens with one attached hydrogen (secondary N) is 1. The van der Waals surface area contributed by atoms with Crippen molar-refractivity contribution < 1.29 is 4.74 Å². The molecule has 2 aromatic carbocycles. The van der Waals surface area contributed by atoms with Crippen LogP contribution in [0, 0.1) is 0 Å². The second kappa shape index (κ2) is 6.53. The maximum Gasteiger partial charge on any atom is 0.118 e. The lowest BCUT2D eigenvalue weighted by molar-refractivity contribution is 0.414. The lowest BCUT2D eigenvalue weighted by Crippen LogP contribution is -2.06. The topological polar surface area (TPSA) is 21.3 Å². The van der Waals surface area contributed by atoms with E-state index < -0.39 is 0 Å². The van der Waals surface area contributed by atoms with Crippen LogP contribution in [0.2, 0.25) is 0 Å². The van der Waals surface area contributed by atoms with Crippen LogP contribution >= 0.6 is 11.8 Å². The first-order valence-corrected chi connectivity index (χ1v) is 7.50. The van der Waals surface area contributed by atoms with Crippen molar-refractivity contribution in [3.63, 3.8) is 0 Å². The minimum absolute atomic E-state index is 0.269. The van der Waals surface area contributed by atoms with Gasteiger partial charge >= 0.3 is 0 Å². The summed E-state index contributed by atoms with van der Waals surface area (Å²) in [5.41, 5.74) is 2.39. The van der Waals surface area contributed by atoms with E-state index in [2.05, 4.69) is 54.9 Å². The molecule has 0 heterocycles. The van der Waals surface area contributed by atoms with Crippen LogP contribution in [0.3, 0.4) is 0 Å². The van der Waals surface area contributed by atoms with Gasteiger partial charge in [-0.2, -0.15) is 0 Å². The Morgan fingerprint density at radius 1 is 1.00 bits per heavy atom. The molecule has 100 valence electrons. The maximum absolute atomic E-state index is 5.17. The second-order valence-electron chi connectivity index (χ2n) is 4.37. The van der Waals surface area contributed by atoms with Gasteiger partial charge in [-0.3, -0.25) is 0 Å². The average Bonchev–Trinajstić information content (AvgIpc) is 2.48. The lowest BCUT2D eigenvalue weighted by atomic mass is 10.1. The molecule has 2 rings (SSSR count). The molecule has 0 aliphatic carbocycles. The molecule has 0 bridgehead atoms. The highest BCUT2D eigenvalue weighted by atomic mass is 32.2. The smallest absolute Gasteiger partial charge is 0.118 e. The van der Waals surface area contributed by atoms with Crippen molar-refractivity contribution >= 4 is 17.4 Å². The third-order valence-electron chi connectivity index (χ3n) is 3.09. The molecule has 0 saturated carbocycles. The summed E-state index contributed by atoms with van der Waals surface area (Å²) in [5, 5.41) is 3.50. The molecule has 0 saturated heterocycles. The van der Waals surface area contributed by atoms with Crippen LogP contribution in [-0.2, 0) is 0 Å². The standard InChI is InChI=1S/C16H19NOS/c1-12(13-4-8-15(18-2)9-5-13)17-14-6-10-16(19-3)11-7-14/h4-12,17H,1-3H3. The first-order valence-electron chi connectivity index (χ1n) is 6.27. The molecule has 19 heavy (non-hydrogen) atoms. The summed E-state index contributed by atoms with van der Waals surface area (Å²) in [4.78, 5) is 1.28. The van der Waals surface area contributed by atoms with Crippen LogP contribution < -0.4 is 10.1 Å². The minimum atomic E-state index is 0.269. The van der Waals surface area contributed by atoms with Gasteiger partial charge in [-0.25, -0.2) is 0 Å². The highest BCUT2D eigenvalue weighted by molar-refractivity contribution is 7.98. The Hall–Kier alpha value is -1.61. The Morgan fingerprint density at radius 2 is 1.63 bits per heavy atom. The van der Waals surface area contributed by atoms with Crippen molar-refractivity contribution in [1.29, 1.82) is 0 Å². The monoisotopic (exact) mass is 273 g/mol. The van der Waals surface area contributed by atoms with Crippen molar-refractivity contribution in [2.24, 2.45) is 0 Å². The van der Waals surface area contributed by atoms with Crippen LogP contribution in [0.4, 0.5) is 5.69 Å². The molecule has 0 radical (unpaired) electrons. The van der Waals surface area contributed by atoms with E-state index >= 15 is 0 Å². The molecule has 1 unspecified atom stereocenters. The molecule has 1 atom stereocenters. The first kappa shape index (κ1) is 13.8. The van der Waals surface area contributed by atoms with E-state index in [-0.39, 0.29) is 6.04 Å². The normalized spacial score (nSPS) is 11.9. The van der Waals surface area contributed by atoms with Crippen LogP contribution in [0.5, 0.6) is 5.75 Å². The Bertz CT molecular complexity index is 507. The van der Waals surface area contributed by atoms with Crippen LogP contribution in [0.1, 0.15) is 18.5 Å². The number of thioether (sulfide) groups is 1. The molecule has 1 N–H and O–H groups in total. The van der Waals surface area contributed by atoms with Gasteiger partial charge in [0.2, 0.25) is 0 Å². The summed E-state index contributed by atoms with van der Waals surface area (Å²) >= 11 is 1.76. The minimum Gasteiger partial charge on any atom is -0.497 e. The molecule has 2 nitrogen and oxygen atoms in total. The Balaban J connectivity index is 2.04. The number of benzene rings is 2. The number of rotatable bonds is 5. The highest BCUT2D eigenvalue weighted by Gasteiger charge is 2.05. The zero-order valence-corrected chi connectivity index (χ0v) is 12.3. The molecular weight excluding hydrogens is 254 g/mol. The van der Waals surface area contributed by atoms with Gasteiger partial charge in [0.05, 0.1) is 7.11 Å². The van der Waals surface area contributed by atoms with E-state index in [0.29, 0.717) is 0 Å². The zero-order chi connectivity index (χ0) is 13.7. The Labute approximate surface area is 119 Å². The van der Waals surface area contributed by atoms with Crippen molar-refractivity contribution in [1.82, 2.24) is 0 Å². The van der Waals surface area contributed by atoms with E-state index in [9.17, 15) is 0 Å². The van der Waals surface area contributed by atoms with Gasteiger partial charge in [0, 0.05) is 16.6 Å². The highest BCUT2D eigenvalue weighted by Crippen LogP contribution is 2.23. The maximum atomic E-state index is 5.17. The van der Waals surface area contributed by atoms with E-state index in [1.54, 1.807) is 18.9 Å². The van der Waals surface area contributed by atoms with Gasteiger partial charge in [-0.1, -0.05) is 12.1 Å². The van der Waals surface area contributed by atoms with Crippen LogP contribution in [0.15, 0.2) is 53.4 Å². The Kier molecular flexibility index (Phi) is 4.74. The second-order valence-corrected chi connectivity index (χ2v) is 5.25. The molecule has 3 heteroatoms. The van der Waals surface area contributed by atoms with E-state index in [0.717, 1.165) is 11.4 Å². The van der Waals surface area contributed by atoms with Gasteiger partial charge in [-0.05, 0) is 55.1 Å².